The first-order valence-electron chi connectivity index (χ1n) is 14.9. The zero-order valence-corrected chi connectivity index (χ0v) is 26.1. The topological polar surface area (TPSA) is 193 Å². The van der Waals surface area contributed by atoms with Crippen LogP contribution >= 0.6 is 11.6 Å². The molecule has 14 nitrogen and oxygen atoms in total. The Morgan fingerprint density at radius 3 is 2.46 bits per heavy atom. The van der Waals surface area contributed by atoms with Crippen molar-refractivity contribution in [3.63, 3.8) is 0 Å². The van der Waals surface area contributed by atoms with Gasteiger partial charge in [-0.3, -0.25) is 29.2 Å². The Labute approximate surface area is 272 Å². The Balaban J connectivity index is 1.41. The SMILES string of the molecule is N#CCCN(C(=O)CCl)c1ccc2c(c1)OCCN2CC(=O)NCC(=O)Nc1ccc(C(=O)NCCCCCCC(=O)NO)cc1. The second-order valence-corrected chi connectivity index (χ2v) is 10.6. The molecule has 0 saturated heterocycles. The molecular weight excluding hydrogens is 618 g/mol. The summed E-state index contributed by atoms with van der Waals surface area (Å²) in [5.41, 5.74) is 3.69. The maximum absolute atomic E-state index is 12.7. The third kappa shape index (κ3) is 11.2. The van der Waals surface area contributed by atoms with Gasteiger partial charge in [-0.15, -0.1) is 11.6 Å². The number of rotatable bonds is 17. The maximum atomic E-state index is 12.7. The summed E-state index contributed by atoms with van der Waals surface area (Å²) in [6, 6.07) is 13.5. The number of anilines is 3. The first kappa shape index (κ1) is 35.6. The second kappa shape index (κ2) is 18.8. The van der Waals surface area contributed by atoms with Gasteiger partial charge in [-0.2, -0.15) is 5.26 Å². The van der Waals surface area contributed by atoms with Crippen molar-refractivity contribution in [2.24, 2.45) is 0 Å². The van der Waals surface area contributed by atoms with Gasteiger partial charge in [-0.25, -0.2) is 5.48 Å². The van der Waals surface area contributed by atoms with Gasteiger partial charge in [0.15, 0.2) is 0 Å². The van der Waals surface area contributed by atoms with Gasteiger partial charge in [-0.1, -0.05) is 12.8 Å². The van der Waals surface area contributed by atoms with Crippen LogP contribution in [0.3, 0.4) is 0 Å². The highest BCUT2D eigenvalue weighted by molar-refractivity contribution is 6.29. The summed E-state index contributed by atoms with van der Waals surface area (Å²) in [6.45, 7) is 1.15. The number of hydrogen-bond acceptors (Lipinski definition) is 9. The number of halogens is 1. The summed E-state index contributed by atoms with van der Waals surface area (Å²) >= 11 is 5.74. The van der Waals surface area contributed by atoms with Crippen molar-refractivity contribution in [1.29, 1.82) is 5.26 Å². The fourth-order valence-electron chi connectivity index (χ4n) is 4.67. The molecular formula is C31H38ClN7O7. The predicted octanol–water partition coefficient (Wildman–Crippen LogP) is 2.31. The van der Waals surface area contributed by atoms with Crippen LogP contribution in [0.4, 0.5) is 17.1 Å². The van der Waals surface area contributed by atoms with E-state index in [0.29, 0.717) is 54.5 Å². The number of benzene rings is 2. The standard InChI is InChI=1S/C31H38ClN7O7/c32-19-30(43)39(15-5-13-33)24-11-12-25-26(18-24)46-17-16-38(25)21-29(42)35-20-28(41)36-23-9-7-22(8-10-23)31(44)34-14-4-2-1-3-6-27(40)37-45/h7-12,18,45H,1-6,14-17,19-21H2,(H,34,44)(H,35,42)(H,36,41)(H,37,40). The Bertz CT molecular complexity index is 1410. The zero-order chi connectivity index (χ0) is 33.3. The Morgan fingerprint density at radius 1 is 0.978 bits per heavy atom. The number of carbonyl (C=O) groups excluding carboxylic acids is 5. The van der Waals surface area contributed by atoms with Crippen LogP contribution in [0.5, 0.6) is 5.75 Å². The normalized spacial score (nSPS) is 11.7. The van der Waals surface area contributed by atoms with Gasteiger partial charge in [0, 0.05) is 42.5 Å². The minimum Gasteiger partial charge on any atom is -0.489 e. The zero-order valence-electron chi connectivity index (χ0n) is 25.4. The Morgan fingerprint density at radius 2 is 1.74 bits per heavy atom. The largest absolute Gasteiger partial charge is 0.489 e. The predicted molar refractivity (Wildman–Crippen MR) is 171 cm³/mol. The molecule has 246 valence electrons. The molecule has 15 heteroatoms. The molecule has 5 N–H and O–H groups in total. The monoisotopic (exact) mass is 655 g/mol. The molecule has 2 aromatic rings. The van der Waals surface area contributed by atoms with E-state index in [-0.39, 0.29) is 56.1 Å². The van der Waals surface area contributed by atoms with Crippen LogP contribution in [-0.4, -0.2) is 80.0 Å². The number of hydrogen-bond donors (Lipinski definition) is 5. The van der Waals surface area contributed by atoms with Crippen LogP contribution in [0.1, 0.15) is 48.9 Å². The van der Waals surface area contributed by atoms with Crippen molar-refractivity contribution >= 4 is 58.2 Å². The van der Waals surface area contributed by atoms with Crippen LogP contribution in [-0.2, 0) is 19.2 Å². The van der Waals surface area contributed by atoms with Crippen LogP contribution in [0, 0.1) is 11.3 Å². The van der Waals surface area contributed by atoms with E-state index >= 15 is 0 Å². The smallest absolute Gasteiger partial charge is 0.251 e. The number of alkyl halides is 1. The van der Waals surface area contributed by atoms with E-state index in [1.165, 1.54) is 4.90 Å². The van der Waals surface area contributed by atoms with Gasteiger partial charge in [0.25, 0.3) is 5.91 Å². The fraction of sp³-hybridized carbons (Fsp3) is 0.419. The summed E-state index contributed by atoms with van der Waals surface area (Å²) < 4.78 is 5.76. The molecule has 0 atom stereocenters. The molecule has 46 heavy (non-hydrogen) atoms. The van der Waals surface area contributed by atoms with E-state index in [2.05, 4.69) is 16.0 Å². The van der Waals surface area contributed by atoms with Gasteiger partial charge >= 0.3 is 0 Å². The number of ether oxygens (including phenoxy) is 1. The van der Waals surface area contributed by atoms with Gasteiger partial charge in [0.1, 0.15) is 18.2 Å². The molecule has 0 spiro atoms. The number of hydroxylamine groups is 1. The van der Waals surface area contributed by atoms with Crippen molar-refractivity contribution < 1.29 is 33.9 Å². The van der Waals surface area contributed by atoms with Crippen LogP contribution in [0.2, 0.25) is 0 Å². The molecule has 2 aromatic carbocycles. The first-order valence-corrected chi connectivity index (χ1v) is 15.4. The molecule has 1 heterocycles. The first-order chi connectivity index (χ1) is 22.2. The molecule has 0 aliphatic carbocycles. The minimum absolute atomic E-state index is 0.0214. The molecule has 0 aromatic heterocycles. The lowest BCUT2D eigenvalue weighted by atomic mass is 10.1. The van der Waals surface area contributed by atoms with Crippen LogP contribution in [0.25, 0.3) is 0 Å². The van der Waals surface area contributed by atoms with Crippen molar-refractivity contribution in [2.45, 2.75) is 38.5 Å². The van der Waals surface area contributed by atoms with E-state index in [1.54, 1.807) is 47.9 Å². The van der Waals surface area contributed by atoms with E-state index in [0.717, 1.165) is 19.3 Å². The molecule has 1 aliphatic rings. The highest BCUT2D eigenvalue weighted by atomic mass is 35.5. The minimum atomic E-state index is -0.435. The highest BCUT2D eigenvalue weighted by Gasteiger charge is 2.23. The lowest BCUT2D eigenvalue weighted by Gasteiger charge is -2.32. The van der Waals surface area contributed by atoms with Crippen molar-refractivity contribution in [1.82, 2.24) is 16.1 Å². The Kier molecular flexibility index (Phi) is 14.6. The molecule has 3 rings (SSSR count). The van der Waals surface area contributed by atoms with Crippen molar-refractivity contribution in [2.75, 3.05) is 60.3 Å². The lowest BCUT2D eigenvalue weighted by Crippen LogP contribution is -2.43. The van der Waals surface area contributed by atoms with Crippen LogP contribution < -0.4 is 36.0 Å². The number of nitriles is 1. The van der Waals surface area contributed by atoms with Gasteiger partial charge in [0.2, 0.25) is 23.6 Å². The van der Waals surface area contributed by atoms with Crippen LogP contribution in [0.15, 0.2) is 42.5 Å². The molecule has 0 bridgehead atoms. The maximum Gasteiger partial charge on any atom is 0.251 e. The fourth-order valence-corrected chi connectivity index (χ4v) is 4.82. The highest BCUT2D eigenvalue weighted by Crippen LogP contribution is 2.35. The molecule has 5 amide bonds. The van der Waals surface area contributed by atoms with E-state index in [1.807, 2.05) is 11.0 Å². The molecule has 1 aliphatic heterocycles. The van der Waals surface area contributed by atoms with Gasteiger partial charge < -0.3 is 30.5 Å². The van der Waals surface area contributed by atoms with Gasteiger partial charge in [-0.05, 0) is 49.2 Å². The number of nitrogens with zero attached hydrogens (tertiary/aromatic N) is 3. The molecule has 0 fully saturated rings. The van der Waals surface area contributed by atoms with Crippen molar-refractivity contribution in [3.8, 4) is 11.8 Å². The van der Waals surface area contributed by atoms with Gasteiger partial charge in [0.05, 0.1) is 37.8 Å². The molecule has 0 saturated carbocycles. The van der Waals surface area contributed by atoms with E-state index in [9.17, 15) is 24.0 Å². The molecule has 0 radical (unpaired) electrons. The summed E-state index contributed by atoms with van der Waals surface area (Å²) in [7, 11) is 0. The summed E-state index contributed by atoms with van der Waals surface area (Å²) in [4.78, 5) is 64.0. The number of amides is 5. The Hall–Kier alpha value is -4.87. The number of fused-ring (bicyclic) bond motifs is 1. The van der Waals surface area contributed by atoms with Crippen molar-refractivity contribution in [3.05, 3.63) is 48.0 Å². The average Bonchev–Trinajstić information content (AvgIpc) is 3.07. The third-order valence-corrected chi connectivity index (χ3v) is 7.26. The quantitative estimate of drug-likeness (QED) is 0.0736. The lowest BCUT2D eigenvalue weighted by molar-refractivity contribution is -0.129. The van der Waals surface area contributed by atoms with E-state index < -0.39 is 11.8 Å². The summed E-state index contributed by atoms with van der Waals surface area (Å²) in [5, 5.41) is 25.5. The number of unbranched alkanes of at least 4 members (excludes halogenated alkanes) is 3. The number of nitrogens with one attached hydrogen (secondary N) is 4. The summed E-state index contributed by atoms with van der Waals surface area (Å²) in [5.74, 6) is -1.55. The summed E-state index contributed by atoms with van der Waals surface area (Å²) in [6.07, 6.45) is 3.46. The van der Waals surface area contributed by atoms with E-state index in [4.69, 9.17) is 26.8 Å². The number of carbonyl (C=O) groups is 5. The third-order valence-electron chi connectivity index (χ3n) is 7.03. The second-order valence-electron chi connectivity index (χ2n) is 10.4. The molecule has 0 unspecified atom stereocenters. The average molecular weight is 656 g/mol.